The number of nitrogens with zero attached hydrogens (tertiary/aromatic N) is 1. The lowest BCUT2D eigenvalue weighted by Crippen LogP contribution is -2.51. The molecule has 0 aliphatic heterocycles. The molecule has 0 bridgehead atoms. The average molecular weight is 407 g/mol. The molecule has 1 aliphatic rings. The zero-order chi connectivity index (χ0) is 16.9. The smallest absolute Gasteiger partial charge is 0.251 e. The number of amides is 1. The first-order chi connectivity index (χ1) is 11.6. The number of benzene rings is 1. The second-order valence-electron chi connectivity index (χ2n) is 6.43. The Hall–Kier alpha value is -1.17. The third-order valence-corrected chi connectivity index (χ3v) is 6.09. The lowest BCUT2D eigenvalue weighted by atomic mass is 9.89. The predicted octanol–water partition coefficient (Wildman–Crippen LogP) is 4.68. The number of hydrogen-bond donors (Lipinski definition) is 1. The second kappa shape index (κ2) is 8.28. The Kier molecular flexibility index (Phi) is 6.09. The molecular formula is C19H23BrN2OS. The predicted molar refractivity (Wildman–Crippen MR) is 103 cm³/mol. The molecular weight excluding hydrogens is 384 g/mol. The highest BCUT2D eigenvalue weighted by atomic mass is 79.9. The molecule has 0 radical (unpaired) electrons. The topological polar surface area (TPSA) is 32.3 Å². The number of rotatable bonds is 5. The Morgan fingerprint density at radius 2 is 2.00 bits per heavy atom. The minimum absolute atomic E-state index is 0.0314. The molecule has 1 N–H and O–H groups in total. The van der Waals surface area contributed by atoms with E-state index >= 15 is 0 Å². The first kappa shape index (κ1) is 17.6. The summed E-state index contributed by atoms with van der Waals surface area (Å²) in [6.07, 6.45) is 4.63. The molecule has 1 aromatic carbocycles. The highest BCUT2D eigenvalue weighted by Gasteiger charge is 2.29. The monoisotopic (exact) mass is 406 g/mol. The van der Waals surface area contributed by atoms with Crippen LogP contribution in [0.15, 0.2) is 46.3 Å². The fourth-order valence-electron chi connectivity index (χ4n) is 3.43. The van der Waals surface area contributed by atoms with Crippen molar-refractivity contribution in [3.8, 4) is 0 Å². The second-order valence-corrected chi connectivity index (χ2v) is 8.38. The minimum atomic E-state index is 0.0314. The van der Waals surface area contributed by atoms with Gasteiger partial charge in [0.15, 0.2) is 0 Å². The number of likely N-dealkylation sites (N-methyl/N-ethyl adjacent to an activating group) is 1. The molecule has 2 atom stereocenters. The Balaban J connectivity index is 1.65. The van der Waals surface area contributed by atoms with E-state index in [4.69, 9.17) is 0 Å². The normalized spacial score (nSPS) is 21.0. The van der Waals surface area contributed by atoms with E-state index in [1.165, 1.54) is 17.7 Å². The molecule has 3 rings (SSSR count). The lowest BCUT2D eigenvalue weighted by Gasteiger charge is -2.38. The third-order valence-electron chi connectivity index (χ3n) is 4.70. The molecule has 0 saturated heterocycles. The van der Waals surface area contributed by atoms with Gasteiger partial charge in [0.1, 0.15) is 0 Å². The van der Waals surface area contributed by atoms with Gasteiger partial charge in [-0.1, -0.05) is 34.8 Å². The summed E-state index contributed by atoms with van der Waals surface area (Å²) in [7, 11) is 2.18. The number of nitrogens with one attached hydrogen (secondary N) is 1. The van der Waals surface area contributed by atoms with Crippen molar-refractivity contribution >= 4 is 33.2 Å². The Labute approximate surface area is 156 Å². The van der Waals surface area contributed by atoms with E-state index in [1.807, 2.05) is 24.3 Å². The highest BCUT2D eigenvalue weighted by molar-refractivity contribution is 9.10. The molecule has 1 fully saturated rings. The Morgan fingerprint density at radius 1 is 1.25 bits per heavy atom. The molecule has 1 saturated carbocycles. The van der Waals surface area contributed by atoms with Gasteiger partial charge in [-0.05, 0) is 55.6 Å². The molecule has 5 heteroatoms. The molecule has 1 amide bonds. The standard InChI is InChI=1S/C19H23BrN2OS/c1-22(13-16-5-4-12-24-16)18-7-3-2-6-17(18)21-19(23)14-8-10-15(20)11-9-14/h4-5,8-12,17-18H,2-3,6-7,13H2,1H3,(H,21,23). The van der Waals surface area contributed by atoms with Crippen LogP contribution in [-0.4, -0.2) is 29.9 Å². The SMILES string of the molecule is CN(Cc1cccs1)C1CCCCC1NC(=O)c1ccc(Br)cc1. The summed E-state index contributed by atoms with van der Waals surface area (Å²) >= 11 is 5.21. The molecule has 24 heavy (non-hydrogen) atoms. The summed E-state index contributed by atoms with van der Waals surface area (Å²) in [5.41, 5.74) is 0.725. The summed E-state index contributed by atoms with van der Waals surface area (Å²) in [6, 6.07) is 12.5. The molecule has 2 aromatic rings. The van der Waals surface area contributed by atoms with Crippen LogP contribution in [0.2, 0.25) is 0 Å². The quantitative estimate of drug-likeness (QED) is 0.781. The van der Waals surface area contributed by atoms with Crippen LogP contribution < -0.4 is 5.32 Å². The number of thiophene rings is 1. The molecule has 0 spiro atoms. The van der Waals surface area contributed by atoms with Crippen molar-refractivity contribution in [3.05, 3.63) is 56.7 Å². The summed E-state index contributed by atoms with van der Waals surface area (Å²) in [5.74, 6) is 0.0314. The van der Waals surface area contributed by atoms with Gasteiger partial charge in [0.05, 0.1) is 0 Å². The van der Waals surface area contributed by atoms with E-state index < -0.39 is 0 Å². The minimum Gasteiger partial charge on any atom is -0.348 e. The van der Waals surface area contributed by atoms with Gasteiger partial charge in [-0.2, -0.15) is 0 Å². The molecule has 1 aromatic heterocycles. The van der Waals surface area contributed by atoms with Crippen LogP contribution in [0.25, 0.3) is 0 Å². The first-order valence-electron chi connectivity index (χ1n) is 8.42. The van der Waals surface area contributed by atoms with Crippen LogP contribution in [0.1, 0.15) is 40.9 Å². The van der Waals surface area contributed by atoms with Crippen molar-refractivity contribution < 1.29 is 4.79 Å². The van der Waals surface area contributed by atoms with Crippen LogP contribution in [0, 0.1) is 0 Å². The maximum atomic E-state index is 12.6. The van der Waals surface area contributed by atoms with Crippen molar-refractivity contribution in [2.75, 3.05) is 7.05 Å². The molecule has 1 aliphatic carbocycles. The van der Waals surface area contributed by atoms with Gasteiger partial charge in [-0.3, -0.25) is 9.69 Å². The molecule has 128 valence electrons. The maximum Gasteiger partial charge on any atom is 0.251 e. The van der Waals surface area contributed by atoms with Gasteiger partial charge in [-0.15, -0.1) is 11.3 Å². The highest BCUT2D eigenvalue weighted by Crippen LogP contribution is 2.25. The summed E-state index contributed by atoms with van der Waals surface area (Å²) < 4.78 is 0.991. The largest absolute Gasteiger partial charge is 0.348 e. The van der Waals surface area contributed by atoms with Crippen LogP contribution in [0.4, 0.5) is 0 Å². The summed E-state index contributed by atoms with van der Waals surface area (Å²) in [6.45, 7) is 0.951. The first-order valence-corrected chi connectivity index (χ1v) is 10.1. The zero-order valence-electron chi connectivity index (χ0n) is 13.9. The Bertz CT molecular complexity index is 657. The van der Waals surface area contributed by atoms with E-state index in [0.29, 0.717) is 6.04 Å². The fraction of sp³-hybridized carbons (Fsp3) is 0.421. The van der Waals surface area contributed by atoms with Crippen molar-refractivity contribution in [1.29, 1.82) is 0 Å². The lowest BCUT2D eigenvalue weighted by molar-refractivity contribution is 0.0859. The van der Waals surface area contributed by atoms with Gasteiger partial charge in [0.25, 0.3) is 5.91 Å². The van der Waals surface area contributed by atoms with Gasteiger partial charge >= 0.3 is 0 Å². The average Bonchev–Trinajstić information content (AvgIpc) is 3.09. The summed E-state index contributed by atoms with van der Waals surface area (Å²) in [4.78, 5) is 16.3. The van der Waals surface area contributed by atoms with Crippen LogP contribution in [0.5, 0.6) is 0 Å². The van der Waals surface area contributed by atoms with Crippen molar-refractivity contribution in [2.24, 2.45) is 0 Å². The molecule has 1 heterocycles. The summed E-state index contributed by atoms with van der Waals surface area (Å²) in [5, 5.41) is 5.39. The Morgan fingerprint density at radius 3 is 2.71 bits per heavy atom. The van der Waals surface area contributed by atoms with E-state index in [9.17, 15) is 4.79 Å². The zero-order valence-corrected chi connectivity index (χ0v) is 16.3. The number of hydrogen-bond acceptors (Lipinski definition) is 3. The van der Waals surface area contributed by atoms with E-state index in [-0.39, 0.29) is 11.9 Å². The third kappa shape index (κ3) is 4.47. The van der Waals surface area contributed by atoms with Crippen molar-refractivity contribution in [2.45, 2.75) is 44.3 Å². The van der Waals surface area contributed by atoms with Gasteiger partial charge < -0.3 is 5.32 Å². The van der Waals surface area contributed by atoms with Crippen molar-refractivity contribution in [3.63, 3.8) is 0 Å². The van der Waals surface area contributed by atoms with Crippen LogP contribution in [0.3, 0.4) is 0 Å². The fourth-order valence-corrected chi connectivity index (χ4v) is 4.46. The van der Waals surface area contributed by atoms with Gasteiger partial charge in [0.2, 0.25) is 0 Å². The number of carbonyl (C=O) groups excluding carboxylic acids is 1. The number of carbonyl (C=O) groups is 1. The van der Waals surface area contributed by atoms with E-state index in [2.05, 4.69) is 50.7 Å². The van der Waals surface area contributed by atoms with Crippen LogP contribution in [-0.2, 0) is 6.54 Å². The molecule has 3 nitrogen and oxygen atoms in total. The maximum absolute atomic E-state index is 12.6. The van der Waals surface area contributed by atoms with Crippen molar-refractivity contribution in [1.82, 2.24) is 10.2 Å². The molecule has 2 unspecified atom stereocenters. The van der Waals surface area contributed by atoms with Crippen LogP contribution >= 0.6 is 27.3 Å². The van der Waals surface area contributed by atoms with Gasteiger partial charge in [0, 0.05) is 33.5 Å². The van der Waals surface area contributed by atoms with E-state index in [0.717, 1.165) is 29.4 Å². The van der Waals surface area contributed by atoms with E-state index in [1.54, 1.807) is 11.3 Å². The van der Waals surface area contributed by atoms with Gasteiger partial charge in [-0.25, -0.2) is 0 Å². The number of halogens is 1.